The Balaban J connectivity index is 1.71. The van der Waals surface area contributed by atoms with Crippen LogP contribution < -0.4 is 4.80 Å². The molecular formula is C26H33N3O2S2. The highest BCUT2D eigenvalue weighted by Crippen LogP contribution is 2.27. The number of rotatable bonds is 9. The molecule has 2 heterocycles. The van der Waals surface area contributed by atoms with E-state index in [9.17, 15) is 8.42 Å². The van der Waals surface area contributed by atoms with Crippen LogP contribution in [0.2, 0.25) is 0 Å². The zero-order valence-electron chi connectivity index (χ0n) is 19.3. The molecule has 7 heteroatoms. The fraction of sp³-hybridized carbons (Fsp3) is 0.423. The summed E-state index contributed by atoms with van der Waals surface area (Å²) in [6, 6.07) is 17.4. The maximum Gasteiger partial charge on any atom is 0.243 e. The van der Waals surface area contributed by atoms with E-state index in [4.69, 9.17) is 4.99 Å². The third kappa shape index (κ3) is 5.83. The van der Waals surface area contributed by atoms with Crippen molar-refractivity contribution in [3.8, 4) is 11.3 Å². The molecule has 0 amide bonds. The fourth-order valence-electron chi connectivity index (χ4n) is 4.25. The molecule has 0 N–H and O–H groups in total. The lowest BCUT2D eigenvalue weighted by Gasteiger charge is -2.26. The maximum absolute atomic E-state index is 13.2. The van der Waals surface area contributed by atoms with E-state index in [0.717, 1.165) is 54.0 Å². The predicted octanol–water partition coefficient (Wildman–Crippen LogP) is 6.20. The Morgan fingerprint density at radius 3 is 2.48 bits per heavy atom. The quantitative estimate of drug-likeness (QED) is 0.340. The SMILES string of the molecule is CCCCCCn1c(-c2cccc(S(=O)(=O)N3CCCCC3)c2)csc1=Nc1ccccc1. The van der Waals surface area contributed by atoms with Gasteiger partial charge in [0.1, 0.15) is 0 Å². The van der Waals surface area contributed by atoms with Crippen LogP contribution in [0.1, 0.15) is 51.9 Å². The molecule has 0 radical (unpaired) electrons. The van der Waals surface area contributed by atoms with Crippen molar-refractivity contribution in [2.75, 3.05) is 13.1 Å². The van der Waals surface area contributed by atoms with Gasteiger partial charge in [-0.15, -0.1) is 11.3 Å². The Morgan fingerprint density at radius 2 is 1.73 bits per heavy atom. The molecule has 0 atom stereocenters. The van der Waals surface area contributed by atoms with Gasteiger partial charge in [0.25, 0.3) is 0 Å². The van der Waals surface area contributed by atoms with E-state index in [1.54, 1.807) is 21.7 Å². The molecule has 3 aromatic rings. The first-order valence-electron chi connectivity index (χ1n) is 12.0. The summed E-state index contributed by atoms with van der Waals surface area (Å²) in [7, 11) is -3.47. The molecular weight excluding hydrogens is 450 g/mol. The van der Waals surface area contributed by atoms with Gasteiger partial charge in [0, 0.05) is 30.6 Å². The van der Waals surface area contributed by atoms with Gasteiger partial charge >= 0.3 is 0 Å². The predicted molar refractivity (Wildman–Crippen MR) is 136 cm³/mol. The number of sulfonamides is 1. The smallest absolute Gasteiger partial charge is 0.243 e. The molecule has 0 bridgehead atoms. The summed E-state index contributed by atoms with van der Waals surface area (Å²) in [5.74, 6) is 0. The lowest BCUT2D eigenvalue weighted by Crippen LogP contribution is -2.35. The third-order valence-corrected chi connectivity index (χ3v) is 8.85. The Hall–Kier alpha value is -2.22. The third-order valence-electron chi connectivity index (χ3n) is 6.10. The largest absolute Gasteiger partial charge is 0.316 e. The van der Waals surface area contributed by atoms with Crippen molar-refractivity contribution in [3.05, 3.63) is 64.8 Å². The van der Waals surface area contributed by atoms with Gasteiger partial charge in [-0.2, -0.15) is 4.31 Å². The van der Waals surface area contributed by atoms with E-state index in [-0.39, 0.29) is 0 Å². The van der Waals surface area contributed by atoms with Crippen LogP contribution in [0.3, 0.4) is 0 Å². The van der Waals surface area contributed by atoms with Gasteiger partial charge in [0.2, 0.25) is 10.0 Å². The number of unbranched alkanes of at least 4 members (excludes halogenated alkanes) is 3. The van der Waals surface area contributed by atoms with Crippen LogP contribution in [0.25, 0.3) is 11.3 Å². The molecule has 1 aliphatic heterocycles. The van der Waals surface area contributed by atoms with Gasteiger partial charge in [-0.25, -0.2) is 13.4 Å². The van der Waals surface area contributed by atoms with Crippen molar-refractivity contribution >= 4 is 27.0 Å². The van der Waals surface area contributed by atoms with Crippen LogP contribution >= 0.6 is 11.3 Å². The minimum absolute atomic E-state index is 0.382. The second kappa shape index (κ2) is 11.3. The number of aromatic nitrogens is 1. The normalized spacial score (nSPS) is 15.7. The highest BCUT2D eigenvalue weighted by atomic mass is 32.2. The summed E-state index contributed by atoms with van der Waals surface area (Å²) in [5, 5.41) is 2.11. The first-order valence-corrected chi connectivity index (χ1v) is 14.3. The second-order valence-corrected chi connectivity index (χ2v) is 11.3. The Kier molecular flexibility index (Phi) is 8.17. The summed E-state index contributed by atoms with van der Waals surface area (Å²) >= 11 is 1.61. The van der Waals surface area contributed by atoms with E-state index in [1.807, 2.05) is 48.5 Å². The van der Waals surface area contributed by atoms with E-state index in [1.165, 1.54) is 19.3 Å². The van der Waals surface area contributed by atoms with E-state index in [2.05, 4.69) is 16.9 Å². The first-order chi connectivity index (χ1) is 16.1. The van der Waals surface area contributed by atoms with Crippen LogP contribution in [0.5, 0.6) is 0 Å². The van der Waals surface area contributed by atoms with Crippen molar-refractivity contribution < 1.29 is 8.42 Å². The number of para-hydroxylation sites is 1. The van der Waals surface area contributed by atoms with Crippen molar-refractivity contribution in [3.63, 3.8) is 0 Å². The summed E-state index contributed by atoms with van der Waals surface area (Å²) < 4.78 is 30.4. The average Bonchev–Trinajstić information content (AvgIpc) is 3.25. The topological polar surface area (TPSA) is 54.7 Å². The highest BCUT2D eigenvalue weighted by molar-refractivity contribution is 7.89. The zero-order valence-corrected chi connectivity index (χ0v) is 21.0. The van der Waals surface area contributed by atoms with Gasteiger partial charge in [0.05, 0.1) is 16.3 Å². The van der Waals surface area contributed by atoms with Gasteiger partial charge in [-0.3, -0.25) is 0 Å². The van der Waals surface area contributed by atoms with E-state index in [0.29, 0.717) is 18.0 Å². The molecule has 1 fully saturated rings. The standard InChI is InChI=1S/C26H33N3O2S2/c1-2-3-4-11-19-29-25(21-32-26(29)27-23-14-7-5-8-15-23)22-13-12-16-24(20-22)33(30,31)28-17-9-6-10-18-28/h5,7-8,12-16,20-21H,2-4,6,9-11,17-19H2,1H3. The molecule has 0 aliphatic carbocycles. The van der Waals surface area contributed by atoms with Gasteiger partial charge < -0.3 is 4.57 Å². The van der Waals surface area contributed by atoms with Gasteiger partial charge in [-0.05, 0) is 43.5 Å². The monoisotopic (exact) mass is 483 g/mol. The fourth-order valence-corrected chi connectivity index (χ4v) is 6.76. The summed E-state index contributed by atoms with van der Waals surface area (Å²) in [5.41, 5.74) is 2.88. The molecule has 1 aliphatic rings. The zero-order chi connectivity index (χ0) is 23.1. The number of piperidine rings is 1. The molecule has 1 saturated heterocycles. The lowest BCUT2D eigenvalue weighted by atomic mass is 10.1. The maximum atomic E-state index is 13.2. The lowest BCUT2D eigenvalue weighted by molar-refractivity contribution is 0.346. The molecule has 4 rings (SSSR count). The number of hydrogen-bond acceptors (Lipinski definition) is 4. The van der Waals surface area contributed by atoms with Crippen molar-refractivity contribution in [1.29, 1.82) is 0 Å². The Morgan fingerprint density at radius 1 is 0.939 bits per heavy atom. The van der Waals surface area contributed by atoms with Crippen molar-refractivity contribution in [2.45, 2.75) is 63.3 Å². The van der Waals surface area contributed by atoms with E-state index < -0.39 is 10.0 Å². The molecule has 2 aromatic carbocycles. The van der Waals surface area contributed by atoms with Crippen molar-refractivity contribution in [2.24, 2.45) is 4.99 Å². The number of nitrogens with zero attached hydrogens (tertiary/aromatic N) is 3. The minimum Gasteiger partial charge on any atom is -0.316 e. The molecule has 1 aromatic heterocycles. The Labute approximate surface area is 201 Å². The van der Waals surface area contributed by atoms with Crippen LogP contribution in [-0.4, -0.2) is 30.4 Å². The van der Waals surface area contributed by atoms with Gasteiger partial charge in [0.15, 0.2) is 4.80 Å². The highest BCUT2D eigenvalue weighted by Gasteiger charge is 2.26. The summed E-state index contributed by atoms with van der Waals surface area (Å²) in [6.45, 7) is 4.31. The molecule has 176 valence electrons. The molecule has 0 unspecified atom stereocenters. The van der Waals surface area contributed by atoms with E-state index >= 15 is 0 Å². The first kappa shape index (κ1) is 23.9. The summed E-state index contributed by atoms with van der Waals surface area (Å²) in [6.07, 6.45) is 7.63. The van der Waals surface area contributed by atoms with Crippen LogP contribution in [0.4, 0.5) is 5.69 Å². The Bertz CT molecular complexity index is 1210. The molecule has 0 spiro atoms. The minimum atomic E-state index is -3.47. The molecule has 0 saturated carbocycles. The van der Waals surface area contributed by atoms with Crippen molar-refractivity contribution in [1.82, 2.24) is 8.87 Å². The van der Waals surface area contributed by atoms with Gasteiger partial charge in [-0.1, -0.05) is 62.9 Å². The average molecular weight is 484 g/mol. The number of thiazole rings is 1. The van der Waals surface area contributed by atoms with Crippen LogP contribution in [0, 0.1) is 0 Å². The number of benzene rings is 2. The summed E-state index contributed by atoms with van der Waals surface area (Å²) in [4.78, 5) is 6.21. The second-order valence-electron chi connectivity index (χ2n) is 8.56. The van der Waals surface area contributed by atoms with Crippen LogP contribution in [-0.2, 0) is 16.6 Å². The van der Waals surface area contributed by atoms with Crippen LogP contribution in [0.15, 0.2) is 69.9 Å². The number of hydrogen-bond donors (Lipinski definition) is 0. The molecule has 5 nitrogen and oxygen atoms in total. The molecule has 33 heavy (non-hydrogen) atoms.